The number of Topliss-reactive ketones (excluding diaryl/α,β-unsaturated/α-hetero) is 1. The number of nitrogens with zero attached hydrogens (tertiary/aromatic N) is 1. The summed E-state index contributed by atoms with van der Waals surface area (Å²) in [5, 5.41) is 10.3. The first-order valence-corrected chi connectivity index (χ1v) is 6.25. The van der Waals surface area contributed by atoms with Crippen LogP contribution in [-0.4, -0.2) is 16.7 Å². The molecule has 0 aromatic carbocycles. The summed E-state index contributed by atoms with van der Waals surface area (Å²) in [5.74, 6) is -0.237. The van der Waals surface area contributed by atoms with Crippen molar-refractivity contribution in [3.63, 3.8) is 0 Å². The van der Waals surface area contributed by atoms with Gasteiger partial charge in [0, 0.05) is 18.3 Å². The van der Waals surface area contributed by atoms with Crippen LogP contribution in [0.2, 0.25) is 0 Å². The van der Waals surface area contributed by atoms with E-state index in [4.69, 9.17) is 0 Å². The first-order valence-electron chi connectivity index (χ1n) is 6.25. The van der Waals surface area contributed by atoms with Crippen LogP contribution in [0, 0.1) is 10.1 Å². The van der Waals surface area contributed by atoms with Gasteiger partial charge in [-0.05, 0) is 6.42 Å². The number of hydrogen-bond acceptors (Lipinski definition) is 3. The van der Waals surface area contributed by atoms with E-state index in [9.17, 15) is 14.9 Å². The van der Waals surface area contributed by atoms with E-state index in [1.807, 2.05) is 0 Å². The van der Waals surface area contributed by atoms with Crippen molar-refractivity contribution in [1.82, 2.24) is 0 Å². The highest BCUT2D eigenvalue weighted by molar-refractivity contribution is 5.82. The van der Waals surface area contributed by atoms with Gasteiger partial charge in [0.05, 0.1) is 0 Å². The minimum absolute atomic E-state index is 0.237. The third-order valence-corrected chi connectivity index (χ3v) is 2.81. The highest BCUT2D eigenvalue weighted by Gasteiger charge is 2.21. The summed E-state index contributed by atoms with van der Waals surface area (Å²) < 4.78 is 0. The fourth-order valence-electron chi connectivity index (χ4n) is 1.58. The van der Waals surface area contributed by atoms with Crippen LogP contribution >= 0.6 is 0 Å². The number of hydrogen-bond donors (Lipinski definition) is 0. The highest BCUT2D eigenvalue weighted by atomic mass is 16.6. The van der Waals surface area contributed by atoms with E-state index in [2.05, 4.69) is 6.92 Å². The minimum Gasteiger partial charge on any atom is -0.292 e. The molecule has 16 heavy (non-hydrogen) atoms. The van der Waals surface area contributed by atoms with Gasteiger partial charge in [-0.2, -0.15) is 0 Å². The maximum atomic E-state index is 11.3. The minimum atomic E-state index is -1.03. The average Bonchev–Trinajstić information content (AvgIpc) is 2.26. The van der Waals surface area contributed by atoms with Crippen LogP contribution in [0.4, 0.5) is 0 Å². The van der Waals surface area contributed by atoms with Crippen LogP contribution in [-0.2, 0) is 4.79 Å². The quantitative estimate of drug-likeness (QED) is 0.328. The molecule has 0 aliphatic heterocycles. The smallest absolute Gasteiger partial charge is 0.267 e. The molecule has 0 saturated carbocycles. The van der Waals surface area contributed by atoms with E-state index in [0.29, 0.717) is 6.42 Å². The molecule has 1 atom stereocenters. The number of carbonyl (C=O) groups excluding carboxylic acids is 1. The molecule has 1 unspecified atom stereocenters. The summed E-state index contributed by atoms with van der Waals surface area (Å²) in [7, 11) is 0. The largest absolute Gasteiger partial charge is 0.292 e. The number of unbranched alkanes of at least 4 members (excludes halogenated alkanes) is 6. The average molecular weight is 229 g/mol. The second kappa shape index (κ2) is 9.31. The molecule has 0 radical (unpaired) electrons. The molecule has 0 saturated heterocycles. The zero-order valence-corrected chi connectivity index (χ0v) is 10.4. The van der Waals surface area contributed by atoms with Crippen molar-refractivity contribution in [2.24, 2.45) is 0 Å². The number of nitro groups is 1. The predicted molar refractivity (Wildman–Crippen MR) is 64.1 cm³/mol. The van der Waals surface area contributed by atoms with Crippen molar-refractivity contribution in [2.45, 2.75) is 71.3 Å². The molecule has 94 valence electrons. The molecular formula is C12H23NO3. The van der Waals surface area contributed by atoms with Crippen LogP contribution in [0.5, 0.6) is 0 Å². The molecule has 0 rings (SSSR count). The molecule has 0 heterocycles. The topological polar surface area (TPSA) is 60.2 Å². The molecule has 0 amide bonds. The maximum absolute atomic E-state index is 11.3. The van der Waals surface area contributed by atoms with Crippen molar-refractivity contribution in [1.29, 1.82) is 0 Å². The van der Waals surface area contributed by atoms with Gasteiger partial charge in [0.25, 0.3) is 6.04 Å². The van der Waals surface area contributed by atoms with Gasteiger partial charge >= 0.3 is 0 Å². The third-order valence-electron chi connectivity index (χ3n) is 2.81. The highest BCUT2D eigenvalue weighted by Crippen LogP contribution is 2.09. The summed E-state index contributed by atoms with van der Waals surface area (Å²) in [6, 6.07) is -1.03. The Bertz CT molecular complexity index is 216. The summed E-state index contributed by atoms with van der Waals surface area (Å²) in [6.07, 6.45) is 8.29. The van der Waals surface area contributed by atoms with Crippen LogP contribution in [0.3, 0.4) is 0 Å². The Morgan fingerprint density at radius 1 is 1.12 bits per heavy atom. The van der Waals surface area contributed by atoms with Crippen LogP contribution in [0.1, 0.15) is 65.2 Å². The lowest BCUT2D eigenvalue weighted by atomic mass is 10.0. The molecule has 0 aliphatic carbocycles. The van der Waals surface area contributed by atoms with Gasteiger partial charge in [0.1, 0.15) is 0 Å². The molecular weight excluding hydrogens is 206 g/mol. The predicted octanol–water partition coefficient (Wildman–Crippen LogP) is 3.36. The SMILES string of the molecule is CCCCCCCCCC(=O)C(C)[N+](=O)[O-]. The normalized spacial score (nSPS) is 12.4. The van der Waals surface area contributed by atoms with Gasteiger partial charge in [-0.1, -0.05) is 45.4 Å². The zero-order valence-electron chi connectivity index (χ0n) is 10.4. The van der Waals surface area contributed by atoms with Gasteiger partial charge in [0.2, 0.25) is 5.78 Å². The molecule has 0 aliphatic rings. The number of carbonyl (C=O) groups is 1. The number of rotatable bonds is 10. The number of ketones is 1. The lowest BCUT2D eigenvalue weighted by molar-refractivity contribution is -0.503. The summed E-state index contributed by atoms with van der Waals surface area (Å²) in [5.41, 5.74) is 0. The van der Waals surface area contributed by atoms with Crippen molar-refractivity contribution >= 4 is 5.78 Å². The Balaban J connectivity index is 3.38. The van der Waals surface area contributed by atoms with Gasteiger partial charge in [0.15, 0.2) is 0 Å². The summed E-state index contributed by atoms with van der Waals surface area (Å²) >= 11 is 0. The van der Waals surface area contributed by atoms with E-state index < -0.39 is 11.0 Å². The van der Waals surface area contributed by atoms with E-state index in [0.717, 1.165) is 19.3 Å². The lowest BCUT2D eigenvalue weighted by Gasteiger charge is -2.03. The van der Waals surface area contributed by atoms with Crippen LogP contribution in [0.25, 0.3) is 0 Å². The Labute approximate surface area is 97.6 Å². The molecule has 0 N–H and O–H groups in total. The molecule has 0 bridgehead atoms. The van der Waals surface area contributed by atoms with Gasteiger partial charge in [-0.25, -0.2) is 0 Å². The second-order valence-corrected chi connectivity index (χ2v) is 4.30. The standard InChI is InChI=1S/C12H23NO3/c1-3-4-5-6-7-8-9-10-12(14)11(2)13(15)16/h11H,3-10H2,1-2H3. The first kappa shape index (κ1) is 15.1. The van der Waals surface area contributed by atoms with Crippen molar-refractivity contribution in [3.05, 3.63) is 10.1 Å². The summed E-state index contributed by atoms with van der Waals surface area (Å²) in [6.45, 7) is 3.54. The monoisotopic (exact) mass is 229 g/mol. The zero-order chi connectivity index (χ0) is 12.4. The van der Waals surface area contributed by atoms with Crippen molar-refractivity contribution < 1.29 is 9.72 Å². The van der Waals surface area contributed by atoms with Gasteiger partial charge in [-0.15, -0.1) is 0 Å². The molecule has 0 aromatic heterocycles. The summed E-state index contributed by atoms with van der Waals surface area (Å²) in [4.78, 5) is 21.1. The van der Waals surface area contributed by atoms with Crippen molar-refractivity contribution in [2.75, 3.05) is 0 Å². The molecule has 0 spiro atoms. The first-order chi connectivity index (χ1) is 7.59. The lowest BCUT2D eigenvalue weighted by Crippen LogP contribution is -2.25. The van der Waals surface area contributed by atoms with E-state index >= 15 is 0 Å². The Morgan fingerprint density at radius 2 is 1.62 bits per heavy atom. The van der Waals surface area contributed by atoms with Crippen LogP contribution in [0.15, 0.2) is 0 Å². The van der Waals surface area contributed by atoms with E-state index in [-0.39, 0.29) is 5.78 Å². The molecule has 4 nitrogen and oxygen atoms in total. The van der Waals surface area contributed by atoms with E-state index in [1.165, 1.54) is 32.6 Å². The Kier molecular flexibility index (Phi) is 8.77. The molecule has 4 heteroatoms. The van der Waals surface area contributed by atoms with Crippen molar-refractivity contribution in [3.8, 4) is 0 Å². The maximum Gasteiger partial charge on any atom is 0.267 e. The fraction of sp³-hybridized carbons (Fsp3) is 0.917. The Morgan fingerprint density at radius 3 is 2.12 bits per heavy atom. The fourth-order valence-corrected chi connectivity index (χ4v) is 1.58. The molecule has 0 aromatic rings. The van der Waals surface area contributed by atoms with Gasteiger partial charge in [-0.3, -0.25) is 14.9 Å². The second-order valence-electron chi connectivity index (χ2n) is 4.30. The third kappa shape index (κ3) is 7.37. The Hall–Kier alpha value is -0.930. The van der Waals surface area contributed by atoms with Gasteiger partial charge < -0.3 is 0 Å². The molecule has 0 fully saturated rings. The van der Waals surface area contributed by atoms with Crippen LogP contribution < -0.4 is 0 Å². The van der Waals surface area contributed by atoms with E-state index in [1.54, 1.807) is 0 Å².